The summed E-state index contributed by atoms with van der Waals surface area (Å²) >= 11 is 6.27. The second kappa shape index (κ2) is 10.5. The number of nitrogens with one attached hydrogen (secondary N) is 1. The predicted molar refractivity (Wildman–Crippen MR) is 129 cm³/mol. The first kappa shape index (κ1) is 26.6. The number of nitrogens with zero attached hydrogens (tertiary/aromatic N) is 3. The fourth-order valence-electron chi connectivity index (χ4n) is 3.20. The molecule has 0 radical (unpaired) electrons. The molecule has 0 atom stereocenters. The molecule has 1 aromatic heterocycles. The molecule has 0 aliphatic rings. The van der Waals surface area contributed by atoms with E-state index in [0.29, 0.717) is 6.42 Å². The number of anilines is 2. The molecule has 0 unspecified atom stereocenters. The molecule has 0 saturated heterocycles. The minimum absolute atomic E-state index is 0.0146. The maximum atomic E-state index is 13.6. The zero-order valence-electron chi connectivity index (χ0n) is 19.4. The quantitative estimate of drug-likeness (QED) is 0.541. The van der Waals surface area contributed by atoms with Crippen molar-refractivity contribution < 1.29 is 13.2 Å². The van der Waals surface area contributed by atoms with Gasteiger partial charge < -0.3 is 10.6 Å². The monoisotopic (exact) mass is 499 g/mol. The van der Waals surface area contributed by atoms with Crippen LogP contribution in [0.2, 0.25) is 5.02 Å². The van der Waals surface area contributed by atoms with E-state index in [9.17, 15) is 22.8 Å². The second-order valence-electron chi connectivity index (χ2n) is 8.24. The number of aromatic amines is 1. The van der Waals surface area contributed by atoms with Crippen LogP contribution in [0.1, 0.15) is 44.0 Å². The molecule has 182 valence electrons. The molecule has 0 bridgehead atoms. The molecular weight excluding hydrogens is 470 g/mol. The van der Waals surface area contributed by atoms with Crippen LogP contribution in [-0.4, -0.2) is 48.8 Å². The number of unbranched alkanes of at least 4 members (excludes halogenated alkanes) is 1. The normalized spacial score (nSPS) is 11.9. The Kier molecular flexibility index (Phi) is 8.50. The molecular formula is C21H30ClN5O5S. The molecule has 0 saturated carbocycles. The molecule has 12 heteroatoms. The number of amides is 1. The van der Waals surface area contributed by atoms with Crippen molar-refractivity contribution in [2.75, 3.05) is 31.3 Å². The lowest BCUT2D eigenvalue weighted by Gasteiger charge is -2.26. The van der Waals surface area contributed by atoms with Crippen molar-refractivity contribution in [3.05, 3.63) is 49.6 Å². The number of nitrogens with two attached hydrogens (primary N) is 1. The number of benzene rings is 1. The zero-order valence-corrected chi connectivity index (χ0v) is 21.0. The van der Waals surface area contributed by atoms with Crippen molar-refractivity contribution in [2.24, 2.45) is 5.92 Å². The van der Waals surface area contributed by atoms with E-state index in [-0.39, 0.29) is 46.0 Å². The highest BCUT2D eigenvalue weighted by Gasteiger charge is 2.29. The predicted octanol–water partition coefficient (Wildman–Crippen LogP) is 2.13. The summed E-state index contributed by atoms with van der Waals surface area (Å²) in [5.74, 6) is -0.932. The number of carbonyl (C=O) groups is 1. The summed E-state index contributed by atoms with van der Waals surface area (Å²) in [5, 5.41) is 0.0146. The third-order valence-electron chi connectivity index (χ3n) is 4.96. The molecule has 3 N–H and O–H groups in total. The summed E-state index contributed by atoms with van der Waals surface area (Å²) in [6, 6.07) is 3.78. The molecule has 0 spiro atoms. The van der Waals surface area contributed by atoms with Gasteiger partial charge in [0.2, 0.25) is 10.0 Å². The van der Waals surface area contributed by atoms with Gasteiger partial charge in [-0.15, -0.1) is 0 Å². The molecule has 0 aliphatic heterocycles. The molecule has 10 nitrogen and oxygen atoms in total. The highest BCUT2D eigenvalue weighted by Crippen LogP contribution is 2.27. The first-order valence-corrected chi connectivity index (χ1v) is 12.3. The number of nitrogen functional groups attached to an aromatic ring is 1. The number of carbonyl (C=O) groups excluding carboxylic acids is 1. The van der Waals surface area contributed by atoms with E-state index in [1.165, 1.54) is 36.9 Å². The number of hydrogen-bond acceptors (Lipinski definition) is 6. The Morgan fingerprint density at radius 3 is 2.42 bits per heavy atom. The van der Waals surface area contributed by atoms with Crippen LogP contribution < -0.4 is 21.9 Å². The Bertz CT molecular complexity index is 1250. The van der Waals surface area contributed by atoms with E-state index in [4.69, 9.17) is 17.3 Å². The van der Waals surface area contributed by atoms with E-state index < -0.39 is 27.2 Å². The Morgan fingerprint density at radius 2 is 1.88 bits per heavy atom. The van der Waals surface area contributed by atoms with Crippen LogP contribution in [0.25, 0.3) is 0 Å². The molecule has 2 rings (SSSR count). The van der Waals surface area contributed by atoms with Gasteiger partial charge in [-0.05, 0) is 30.5 Å². The molecule has 0 aliphatic carbocycles. The van der Waals surface area contributed by atoms with Crippen LogP contribution in [0, 0.1) is 5.92 Å². The minimum Gasteiger partial charge on any atom is -0.383 e. The van der Waals surface area contributed by atoms with Gasteiger partial charge in [0.05, 0.1) is 15.5 Å². The standard InChI is InChI=1S/C21H30ClN5O5S/c1-6-7-10-26-18(23)17(19(28)24-21(26)30)27(12-13(2)3)20(29)15-11-14(8-9-16(15)22)33(31,32)25(4)5/h8-9,11,13H,6-7,10,12,23H2,1-5H3,(H,24,28,30). The van der Waals surface area contributed by atoms with Gasteiger partial charge in [0.25, 0.3) is 11.5 Å². The third kappa shape index (κ3) is 5.66. The number of rotatable bonds is 9. The highest BCUT2D eigenvalue weighted by molar-refractivity contribution is 7.89. The number of sulfonamides is 1. The first-order chi connectivity index (χ1) is 15.3. The van der Waals surface area contributed by atoms with E-state index in [0.717, 1.165) is 15.6 Å². The molecule has 1 heterocycles. The summed E-state index contributed by atoms with van der Waals surface area (Å²) in [4.78, 5) is 41.9. The zero-order chi connectivity index (χ0) is 25.1. The van der Waals surface area contributed by atoms with Gasteiger partial charge in [-0.1, -0.05) is 38.8 Å². The van der Waals surface area contributed by atoms with Gasteiger partial charge in [-0.2, -0.15) is 0 Å². The molecule has 0 fully saturated rings. The van der Waals surface area contributed by atoms with Gasteiger partial charge in [0.15, 0.2) is 5.69 Å². The fourth-order valence-corrected chi connectivity index (χ4v) is 4.33. The second-order valence-corrected chi connectivity index (χ2v) is 10.8. The summed E-state index contributed by atoms with van der Waals surface area (Å²) in [6.07, 6.45) is 1.43. The Balaban J connectivity index is 2.73. The van der Waals surface area contributed by atoms with Crippen molar-refractivity contribution in [3.63, 3.8) is 0 Å². The first-order valence-electron chi connectivity index (χ1n) is 10.5. The van der Waals surface area contributed by atoms with Gasteiger partial charge in [-0.25, -0.2) is 17.5 Å². The van der Waals surface area contributed by atoms with E-state index in [2.05, 4.69) is 4.98 Å². The lowest BCUT2D eigenvalue weighted by molar-refractivity contribution is 0.0983. The third-order valence-corrected chi connectivity index (χ3v) is 7.10. The SMILES string of the molecule is CCCCn1c(N)c(N(CC(C)C)C(=O)c2cc(S(=O)(=O)N(C)C)ccc2Cl)c(=O)[nH]c1=O. The van der Waals surface area contributed by atoms with Crippen LogP contribution >= 0.6 is 11.6 Å². The van der Waals surface area contributed by atoms with Crippen molar-refractivity contribution in [1.29, 1.82) is 0 Å². The maximum absolute atomic E-state index is 13.6. The lowest BCUT2D eigenvalue weighted by Crippen LogP contribution is -2.43. The summed E-state index contributed by atoms with van der Waals surface area (Å²) in [6.45, 7) is 5.98. The average Bonchev–Trinajstić information content (AvgIpc) is 2.72. The number of hydrogen-bond donors (Lipinski definition) is 2. The van der Waals surface area contributed by atoms with Crippen LogP contribution in [0.4, 0.5) is 11.5 Å². The molecule has 1 aromatic carbocycles. The van der Waals surface area contributed by atoms with Crippen LogP contribution in [-0.2, 0) is 16.6 Å². The highest BCUT2D eigenvalue weighted by atomic mass is 35.5. The number of H-pyrrole nitrogens is 1. The Morgan fingerprint density at radius 1 is 1.24 bits per heavy atom. The van der Waals surface area contributed by atoms with Crippen molar-refractivity contribution >= 4 is 39.0 Å². The minimum atomic E-state index is -3.84. The van der Waals surface area contributed by atoms with Crippen molar-refractivity contribution in [3.8, 4) is 0 Å². The van der Waals surface area contributed by atoms with E-state index >= 15 is 0 Å². The van der Waals surface area contributed by atoms with Crippen molar-refractivity contribution in [1.82, 2.24) is 13.9 Å². The van der Waals surface area contributed by atoms with Crippen molar-refractivity contribution in [2.45, 2.75) is 45.1 Å². The Hall–Kier alpha value is -2.63. The van der Waals surface area contributed by atoms with Gasteiger partial charge in [0, 0.05) is 27.2 Å². The van der Waals surface area contributed by atoms with Crippen LogP contribution in [0.15, 0.2) is 32.7 Å². The Labute approximate surface area is 198 Å². The molecule has 1 amide bonds. The smallest absolute Gasteiger partial charge is 0.330 e. The summed E-state index contributed by atoms with van der Waals surface area (Å²) < 4.78 is 27.4. The molecule has 2 aromatic rings. The van der Waals surface area contributed by atoms with Gasteiger partial charge in [-0.3, -0.25) is 19.1 Å². The topological polar surface area (TPSA) is 139 Å². The van der Waals surface area contributed by atoms with Gasteiger partial charge in [0.1, 0.15) is 5.82 Å². The summed E-state index contributed by atoms with van der Waals surface area (Å²) in [7, 11) is -1.09. The largest absolute Gasteiger partial charge is 0.383 e. The number of halogens is 1. The fraction of sp³-hybridized carbons (Fsp3) is 0.476. The lowest BCUT2D eigenvalue weighted by atomic mass is 10.1. The summed E-state index contributed by atoms with van der Waals surface area (Å²) in [5.41, 5.74) is 4.45. The van der Waals surface area contributed by atoms with E-state index in [1.54, 1.807) is 0 Å². The van der Waals surface area contributed by atoms with Crippen LogP contribution in [0.3, 0.4) is 0 Å². The van der Waals surface area contributed by atoms with Gasteiger partial charge >= 0.3 is 5.69 Å². The maximum Gasteiger partial charge on any atom is 0.330 e. The molecule has 33 heavy (non-hydrogen) atoms. The van der Waals surface area contributed by atoms with Crippen LogP contribution in [0.5, 0.6) is 0 Å². The average molecular weight is 500 g/mol. The van der Waals surface area contributed by atoms with E-state index in [1.807, 2.05) is 20.8 Å². The number of aromatic nitrogens is 2.